The zero-order valence-electron chi connectivity index (χ0n) is 24.0. The van der Waals surface area contributed by atoms with Crippen molar-refractivity contribution in [2.24, 2.45) is 0 Å². The van der Waals surface area contributed by atoms with Gasteiger partial charge in [-0.1, -0.05) is 42.5 Å². The summed E-state index contributed by atoms with van der Waals surface area (Å²) in [4.78, 5) is 20.6. The molecule has 202 valence electrons. The van der Waals surface area contributed by atoms with E-state index in [-0.39, 0.29) is 6.71 Å². The zero-order chi connectivity index (χ0) is 28.5. The molecule has 6 aromatic heterocycles. The highest BCUT2D eigenvalue weighted by Gasteiger charge is 2.45. The summed E-state index contributed by atoms with van der Waals surface area (Å²) in [6, 6.07) is 24.2. The minimum absolute atomic E-state index is 0.00834. The molecule has 0 unspecified atom stereocenters. The molecule has 0 saturated heterocycles. The molecule has 0 aliphatic carbocycles. The van der Waals surface area contributed by atoms with Crippen LogP contribution in [0.5, 0.6) is 0 Å². The van der Waals surface area contributed by atoms with Crippen molar-refractivity contribution < 1.29 is 0 Å². The third-order valence-corrected chi connectivity index (χ3v) is 10.00. The van der Waals surface area contributed by atoms with Crippen molar-refractivity contribution in [2.75, 3.05) is 0 Å². The number of aromatic nitrogens is 8. The van der Waals surface area contributed by atoms with Crippen molar-refractivity contribution in [2.45, 2.75) is 27.7 Å². The quantitative estimate of drug-likeness (QED) is 0.262. The van der Waals surface area contributed by atoms with Crippen molar-refractivity contribution >= 4 is 78.8 Å². The molecule has 0 spiro atoms. The summed E-state index contributed by atoms with van der Waals surface area (Å²) in [5.74, 6) is 0. The van der Waals surface area contributed by atoms with Crippen LogP contribution in [0.2, 0.25) is 0 Å². The standard InChI is InChI=1S/C34H23BN8/c1-16-18(3)38-31-29(36-16)40-22-12-7-5-10-20(22)26-33(40)42(31)24-14-9-15-25-28(24)35(26)27-21-11-6-8-13-23(21)41-30-32(43(25)34(27)41)39-19(4)17(2)37-30/h5-15H,1-4H3. The molecule has 8 heterocycles. The lowest BCUT2D eigenvalue weighted by atomic mass is 9.34. The summed E-state index contributed by atoms with van der Waals surface area (Å²) >= 11 is 0. The van der Waals surface area contributed by atoms with Gasteiger partial charge in [0.25, 0.3) is 6.71 Å². The maximum Gasteiger partial charge on any atom is 0.258 e. The second-order valence-corrected chi connectivity index (χ2v) is 12.1. The SMILES string of the molecule is Cc1nc2c(nc1C)n1c3ccccc3c3c1n2-c1cccc2c1B3c1c3ccccc3n3c4nc(C)c(C)nc4n-2c13. The van der Waals surface area contributed by atoms with Gasteiger partial charge in [0.05, 0.1) is 33.8 Å². The topological polar surface area (TPSA) is 70.2 Å². The molecule has 0 saturated carbocycles. The highest BCUT2D eigenvalue weighted by Crippen LogP contribution is 2.38. The summed E-state index contributed by atoms with van der Waals surface area (Å²) in [6.07, 6.45) is 0. The molecule has 43 heavy (non-hydrogen) atoms. The third kappa shape index (κ3) is 2.28. The number of para-hydroxylation sites is 2. The first-order valence-electron chi connectivity index (χ1n) is 14.7. The van der Waals surface area contributed by atoms with E-state index in [4.69, 9.17) is 19.9 Å². The molecule has 8 nitrogen and oxygen atoms in total. The van der Waals surface area contributed by atoms with E-state index >= 15 is 0 Å². The molecule has 3 aromatic carbocycles. The molecule has 0 amide bonds. The maximum absolute atomic E-state index is 5.17. The molecule has 2 aliphatic rings. The Labute approximate surface area is 244 Å². The Morgan fingerprint density at radius 3 is 1.35 bits per heavy atom. The lowest BCUT2D eigenvalue weighted by molar-refractivity contribution is 1.04. The van der Waals surface area contributed by atoms with Crippen LogP contribution in [0.25, 0.3) is 67.1 Å². The van der Waals surface area contributed by atoms with Crippen LogP contribution in [0.4, 0.5) is 0 Å². The Morgan fingerprint density at radius 2 is 0.884 bits per heavy atom. The largest absolute Gasteiger partial charge is 0.278 e. The highest BCUT2D eigenvalue weighted by molar-refractivity contribution is 7.02. The second-order valence-electron chi connectivity index (χ2n) is 12.1. The molecule has 0 radical (unpaired) electrons. The first-order valence-corrected chi connectivity index (χ1v) is 14.7. The third-order valence-electron chi connectivity index (χ3n) is 10.00. The predicted octanol–water partition coefficient (Wildman–Crippen LogP) is 4.34. The Balaban J connectivity index is 1.46. The van der Waals surface area contributed by atoms with Crippen LogP contribution in [-0.4, -0.2) is 44.6 Å². The van der Waals surface area contributed by atoms with Crippen molar-refractivity contribution in [1.82, 2.24) is 37.9 Å². The fraction of sp³-hybridized carbons (Fsp3) is 0.118. The Morgan fingerprint density at radius 1 is 0.465 bits per heavy atom. The van der Waals surface area contributed by atoms with Gasteiger partial charge in [-0.3, -0.25) is 17.9 Å². The average Bonchev–Trinajstić information content (AvgIpc) is 3.72. The van der Waals surface area contributed by atoms with Gasteiger partial charge in [0.1, 0.15) is 11.3 Å². The Hall–Kier alpha value is -5.44. The van der Waals surface area contributed by atoms with Gasteiger partial charge >= 0.3 is 0 Å². The summed E-state index contributed by atoms with van der Waals surface area (Å²) in [5, 5.41) is 2.49. The minimum Gasteiger partial charge on any atom is -0.278 e. The Kier molecular flexibility index (Phi) is 3.59. The van der Waals surface area contributed by atoms with Crippen LogP contribution in [0, 0.1) is 27.7 Å². The number of imidazole rings is 2. The van der Waals surface area contributed by atoms with Crippen LogP contribution >= 0.6 is 0 Å². The number of hydrogen-bond acceptors (Lipinski definition) is 4. The van der Waals surface area contributed by atoms with Gasteiger partial charge in [-0.2, -0.15) is 0 Å². The molecular formula is C34H23BN8. The van der Waals surface area contributed by atoms with E-state index in [0.717, 1.165) is 79.1 Å². The van der Waals surface area contributed by atoms with Crippen LogP contribution in [0.3, 0.4) is 0 Å². The van der Waals surface area contributed by atoms with E-state index in [1.807, 2.05) is 27.7 Å². The number of aryl methyl sites for hydroxylation is 4. The monoisotopic (exact) mass is 554 g/mol. The second kappa shape index (κ2) is 6.95. The minimum atomic E-state index is 0.00834. The van der Waals surface area contributed by atoms with Crippen LogP contribution in [0.15, 0.2) is 66.7 Å². The average molecular weight is 554 g/mol. The van der Waals surface area contributed by atoms with E-state index in [1.165, 1.54) is 27.2 Å². The summed E-state index contributed by atoms with van der Waals surface area (Å²) in [7, 11) is 0. The van der Waals surface area contributed by atoms with Crippen LogP contribution in [-0.2, 0) is 0 Å². The predicted molar refractivity (Wildman–Crippen MR) is 172 cm³/mol. The first-order chi connectivity index (χ1) is 21.0. The first kappa shape index (κ1) is 22.2. The lowest BCUT2D eigenvalue weighted by Gasteiger charge is -2.30. The van der Waals surface area contributed by atoms with E-state index in [9.17, 15) is 0 Å². The molecule has 0 bridgehead atoms. The van der Waals surface area contributed by atoms with E-state index in [0.29, 0.717) is 0 Å². The van der Waals surface area contributed by atoms with Gasteiger partial charge in [-0.25, -0.2) is 19.9 Å². The van der Waals surface area contributed by atoms with E-state index < -0.39 is 0 Å². The van der Waals surface area contributed by atoms with E-state index in [2.05, 4.69) is 84.7 Å². The molecule has 0 fully saturated rings. The van der Waals surface area contributed by atoms with Gasteiger partial charge < -0.3 is 0 Å². The number of hydrogen-bond donors (Lipinski definition) is 0. The number of fused-ring (bicyclic) bond motifs is 16. The van der Waals surface area contributed by atoms with Gasteiger partial charge in [-0.05, 0) is 79.1 Å². The van der Waals surface area contributed by atoms with Gasteiger partial charge in [-0.15, -0.1) is 0 Å². The lowest BCUT2D eigenvalue weighted by Crippen LogP contribution is -2.59. The number of nitrogens with zero attached hydrogens (tertiary/aromatic N) is 8. The fourth-order valence-electron chi connectivity index (χ4n) is 8.02. The van der Waals surface area contributed by atoms with Crippen molar-refractivity contribution in [1.29, 1.82) is 0 Å². The number of rotatable bonds is 0. The smallest absolute Gasteiger partial charge is 0.258 e. The molecule has 11 rings (SSSR count). The van der Waals surface area contributed by atoms with Crippen molar-refractivity contribution in [3.05, 3.63) is 89.5 Å². The molecule has 9 aromatic rings. The van der Waals surface area contributed by atoms with Gasteiger partial charge in [0.15, 0.2) is 22.6 Å². The van der Waals surface area contributed by atoms with Gasteiger partial charge in [0, 0.05) is 11.4 Å². The van der Waals surface area contributed by atoms with Crippen LogP contribution in [0.1, 0.15) is 22.8 Å². The molecule has 2 aliphatic heterocycles. The normalized spacial score (nSPS) is 13.5. The van der Waals surface area contributed by atoms with E-state index in [1.54, 1.807) is 0 Å². The molecular weight excluding hydrogens is 531 g/mol. The zero-order valence-corrected chi connectivity index (χ0v) is 24.0. The summed E-state index contributed by atoms with van der Waals surface area (Å²) in [6.45, 7) is 8.21. The Bertz CT molecular complexity index is 2600. The highest BCUT2D eigenvalue weighted by atomic mass is 15.2. The summed E-state index contributed by atoms with van der Waals surface area (Å²) < 4.78 is 9.38. The summed E-state index contributed by atoms with van der Waals surface area (Å²) in [5.41, 5.74) is 18.1. The molecule has 0 atom stereocenters. The fourth-order valence-corrected chi connectivity index (χ4v) is 8.02. The van der Waals surface area contributed by atoms with Crippen LogP contribution < -0.4 is 16.4 Å². The molecule has 9 heteroatoms. The maximum atomic E-state index is 5.17. The number of benzene rings is 3. The van der Waals surface area contributed by atoms with Crippen molar-refractivity contribution in [3.8, 4) is 11.4 Å². The van der Waals surface area contributed by atoms with Crippen molar-refractivity contribution in [3.63, 3.8) is 0 Å². The van der Waals surface area contributed by atoms with Gasteiger partial charge in [0.2, 0.25) is 0 Å². The molecule has 0 N–H and O–H groups in total.